The van der Waals surface area contributed by atoms with E-state index in [-0.39, 0.29) is 18.2 Å². The predicted molar refractivity (Wildman–Crippen MR) is 36.1 cm³/mol. The van der Waals surface area contributed by atoms with Gasteiger partial charge in [0.1, 0.15) is 6.23 Å². The molecule has 4 heteroatoms. The van der Waals surface area contributed by atoms with Crippen molar-refractivity contribution < 1.29 is 9.53 Å². The number of nitrogens with two attached hydrogens (primary N) is 1. The van der Waals surface area contributed by atoms with E-state index in [1.165, 1.54) is 0 Å². The summed E-state index contributed by atoms with van der Waals surface area (Å²) < 4.78 is 4.97. The maximum atomic E-state index is 10.6. The highest BCUT2D eigenvalue weighted by atomic mass is 16.5. The van der Waals surface area contributed by atoms with Crippen molar-refractivity contribution in [3.05, 3.63) is 0 Å². The molecular weight excluding hydrogens is 132 g/mol. The number of carbonyl (C=O) groups is 1. The Morgan fingerprint density at radius 2 is 2.40 bits per heavy atom. The van der Waals surface area contributed by atoms with Crippen LogP contribution in [0.5, 0.6) is 0 Å². The first-order chi connectivity index (χ1) is 4.74. The molecule has 0 bridgehead atoms. The second kappa shape index (κ2) is 2.98. The second-order valence-corrected chi connectivity index (χ2v) is 2.42. The van der Waals surface area contributed by atoms with Crippen LogP contribution in [-0.4, -0.2) is 25.3 Å². The molecule has 1 aliphatic rings. The topological polar surface area (TPSA) is 64.3 Å². The summed E-state index contributed by atoms with van der Waals surface area (Å²) in [5.74, 6) is -0.292. The SMILES string of the molecule is COC1CC[C@@H](C(N)=O)N1. The molecule has 1 unspecified atom stereocenters. The molecule has 10 heavy (non-hydrogen) atoms. The third-order valence-electron chi connectivity index (χ3n) is 1.73. The minimum Gasteiger partial charge on any atom is -0.368 e. The Kier molecular flexibility index (Phi) is 2.24. The lowest BCUT2D eigenvalue weighted by atomic mass is 10.2. The number of nitrogens with one attached hydrogen (secondary N) is 1. The van der Waals surface area contributed by atoms with Crippen LogP contribution in [0.3, 0.4) is 0 Å². The molecule has 1 saturated heterocycles. The largest absolute Gasteiger partial charge is 0.368 e. The first-order valence-electron chi connectivity index (χ1n) is 3.32. The van der Waals surface area contributed by atoms with Crippen molar-refractivity contribution in [3.63, 3.8) is 0 Å². The van der Waals surface area contributed by atoms with Crippen LogP contribution in [-0.2, 0) is 9.53 Å². The lowest BCUT2D eigenvalue weighted by molar-refractivity contribution is -0.120. The van der Waals surface area contributed by atoms with E-state index in [1.54, 1.807) is 7.11 Å². The number of carbonyl (C=O) groups excluding carboxylic acids is 1. The van der Waals surface area contributed by atoms with Gasteiger partial charge in [-0.15, -0.1) is 0 Å². The maximum absolute atomic E-state index is 10.6. The van der Waals surface area contributed by atoms with Gasteiger partial charge in [-0.25, -0.2) is 0 Å². The molecule has 1 heterocycles. The van der Waals surface area contributed by atoms with Crippen molar-refractivity contribution in [3.8, 4) is 0 Å². The summed E-state index contributed by atoms with van der Waals surface area (Å²) in [6.45, 7) is 0. The molecule has 4 nitrogen and oxygen atoms in total. The highest BCUT2D eigenvalue weighted by molar-refractivity contribution is 5.80. The van der Waals surface area contributed by atoms with Gasteiger partial charge in [-0.1, -0.05) is 0 Å². The van der Waals surface area contributed by atoms with E-state index >= 15 is 0 Å². The van der Waals surface area contributed by atoms with Crippen molar-refractivity contribution >= 4 is 5.91 Å². The van der Waals surface area contributed by atoms with Crippen molar-refractivity contribution in [2.45, 2.75) is 25.1 Å². The van der Waals surface area contributed by atoms with Gasteiger partial charge in [0.2, 0.25) is 5.91 Å². The molecule has 2 atom stereocenters. The monoisotopic (exact) mass is 144 g/mol. The molecule has 3 N–H and O–H groups in total. The molecule has 1 aliphatic heterocycles. The Morgan fingerprint density at radius 3 is 2.70 bits per heavy atom. The van der Waals surface area contributed by atoms with E-state index in [1.807, 2.05) is 0 Å². The third kappa shape index (κ3) is 1.46. The van der Waals surface area contributed by atoms with Gasteiger partial charge < -0.3 is 10.5 Å². The second-order valence-electron chi connectivity index (χ2n) is 2.42. The molecule has 1 amide bonds. The Morgan fingerprint density at radius 1 is 1.70 bits per heavy atom. The zero-order valence-electron chi connectivity index (χ0n) is 5.96. The molecule has 0 aliphatic carbocycles. The average molecular weight is 144 g/mol. The first-order valence-corrected chi connectivity index (χ1v) is 3.32. The fourth-order valence-electron chi connectivity index (χ4n) is 1.12. The van der Waals surface area contributed by atoms with Crippen LogP contribution < -0.4 is 11.1 Å². The van der Waals surface area contributed by atoms with Crippen LogP contribution in [0.2, 0.25) is 0 Å². The van der Waals surface area contributed by atoms with Gasteiger partial charge in [-0.2, -0.15) is 0 Å². The zero-order valence-corrected chi connectivity index (χ0v) is 5.96. The molecule has 0 radical (unpaired) electrons. The van der Waals surface area contributed by atoms with E-state index in [4.69, 9.17) is 10.5 Å². The van der Waals surface area contributed by atoms with Gasteiger partial charge in [-0.05, 0) is 12.8 Å². The summed E-state index contributed by atoms with van der Waals surface area (Å²) in [7, 11) is 1.61. The summed E-state index contributed by atoms with van der Waals surface area (Å²) in [5, 5.41) is 2.94. The summed E-state index contributed by atoms with van der Waals surface area (Å²) in [4.78, 5) is 10.6. The van der Waals surface area contributed by atoms with Crippen molar-refractivity contribution in [1.29, 1.82) is 0 Å². The normalized spacial score (nSPS) is 32.5. The van der Waals surface area contributed by atoms with Gasteiger partial charge >= 0.3 is 0 Å². The van der Waals surface area contributed by atoms with Crippen molar-refractivity contribution in [2.75, 3.05) is 7.11 Å². The quantitative estimate of drug-likeness (QED) is 0.533. The summed E-state index contributed by atoms with van der Waals surface area (Å²) in [6, 6.07) is -0.190. The van der Waals surface area contributed by atoms with E-state index < -0.39 is 0 Å². The van der Waals surface area contributed by atoms with Crippen LogP contribution in [0.4, 0.5) is 0 Å². The van der Waals surface area contributed by atoms with Gasteiger partial charge in [-0.3, -0.25) is 10.1 Å². The van der Waals surface area contributed by atoms with Gasteiger partial charge in [0.05, 0.1) is 6.04 Å². The molecule has 58 valence electrons. The summed E-state index contributed by atoms with van der Waals surface area (Å²) >= 11 is 0. The molecular formula is C6H12N2O2. The van der Waals surface area contributed by atoms with Crippen LogP contribution in [0, 0.1) is 0 Å². The summed E-state index contributed by atoms with van der Waals surface area (Å²) in [5.41, 5.74) is 5.06. The van der Waals surface area contributed by atoms with E-state index in [9.17, 15) is 4.79 Å². The van der Waals surface area contributed by atoms with Crippen LogP contribution >= 0.6 is 0 Å². The number of primary amides is 1. The number of rotatable bonds is 2. The van der Waals surface area contributed by atoms with Gasteiger partial charge in [0, 0.05) is 7.11 Å². The maximum Gasteiger partial charge on any atom is 0.234 e. The molecule has 0 saturated carbocycles. The van der Waals surface area contributed by atoms with E-state index in [0.717, 1.165) is 12.8 Å². The van der Waals surface area contributed by atoms with Crippen LogP contribution in [0.1, 0.15) is 12.8 Å². The highest BCUT2D eigenvalue weighted by Crippen LogP contribution is 2.11. The molecule has 1 fully saturated rings. The Bertz CT molecular complexity index is 138. The van der Waals surface area contributed by atoms with Crippen molar-refractivity contribution in [2.24, 2.45) is 5.73 Å². The Labute approximate surface area is 59.7 Å². The first kappa shape index (κ1) is 7.50. The highest BCUT2D eigenvalue weighted by Gasteiger charge is 2.26. The van der Waals surface area contributed by atoms with E-state index in [0.29, 0.717) is 0 Å². The standard InChI is InChI=1S/C6H12N2O2/c1-10-5-3-2-4(8-5)6(7)9/h4-5,8H,2-3H2,1H3,(H2,7,9)/t4-,5?/m0/s1. The minimum absolute atomic E-state index is 0.0116. The number of amides is 1. The number of ether oxygens (including phenoxy) is 1. The van der Waals surface area contributed by atoms with Gasteiger partial charge in [0.25, 0.3) is 0 Å². The molecule has 0 spiro atoms. The molecule has 0 aromatic heterocycles. The Hall–Kier alpha value is -0.610. The number of methoxy groups -OCH3 is 1. The third-order valence-corrected chi connectivity index (χ3v) is 1.73. The van der Waals surface area contributed by atoms with Crippen LogP contribution in [0.25, 0.3) is 0 Å². The number of hydrogen-bond acceptors (Lipinski definition) is 3. The number of hydrogen-bond donors (Lipinski definition) is 2. The lowest BCUT2D eigenvalue weighted by Crippen LogP contribution is -2.40. The molecule has 0 aromatic carbocycles. The molecule has 0 aromatic rings. The minimum atomic E-state index is -0.292. The predicted octanol–water partition coefficient (Wildman–Crippen LogP) is -0.804. The fourth-order valence-corrected chi connectivity index (χ4v) is 1.12. The Balaban J connectivity index is 2.35. The zero-order chi connectivity index (χ0) is 7.56. The van der Waals surface area contributed by atoms with Crippen molar-refractivity contribution in [1.82, 2.24) is 5.32 Å². The van der Waals surface area contributed by atoms with Crippen LogP contribution in [0.15, 0.2) is 0 Å². The van der Waals surface area contributed by atoms with E-state index in [2.05, 4.69) is 5.32 Å². The smallest absolute Gasteiger partial charge is 0.234 e. The lowest BCUT2D eigenvalue weighted by Gasteiger charge is -2.08. The molecule has 1 rings (SSSR count). The average Bonchev–Trinajstić information content (AvgIpc) is 2.34. The summed E-state index contributed by atoms with van der Waals surface area (Å²) in [6.07, 6.45) is 1.66. The fraction of sp³-hybridized carbons (Fsp3) is 0.833. The van der Waals surface area contributed by atoms with Gasteiger partial charge in [0.15, 0.2) is 0 Å².